The fraction of sp³-hybridized carbons (Fsp3) is 0.0800. The fourth-order valence-electron chi connectivity index (χ4n) is 3.29. The van der Waals surface area contributed by atoms with Crippen LogP contribution in [0.5, 0.6) is 17.2 Å². The quantitative estimate of drug-likeness (QED) is 0.444. The van der Waals surface area contributed by atoms with Gasteiger partial charge in [0.25, 0.3) is 11.8 Å². The molecule has 1 saturated heterocycles. The standard InChI is InChI=1S/C25H20N2O6/c1-32-22-14-17(7-12-21(22)33-15-16-5-3-2-4-6-16)13-20-23(29)26-25(31)27(24(20)30)18-8-10-19(28)11-9-18/h2-14,28H,15H2,1H3,(H,26,29,31)/b20-13+. The highest BCUT2D eigenvalue weighted by Crippen LogP contribution is 2.30. The Kier molecular flexibility index (Phi) is 6.08. The van der Waals surface area contributed by atoms with Gasteiger partial charge >= 0.3 is 6.03 Å². The zero-order valence-electron chi connectivity index (χ0n) is 17.6. The lowest BCUT2D eigenvalue weighted by atomic mass is 10.1. The molecule has 0 aliphatic carbocycles. The average Bonchev–Trinajstić information content (AvgIpc) is 2.82. The maximum Gasteiger partial charge on any atom is 0.335 e. The Morgan fingerprint density at radius 1 is 0.939 bits per heavy atom. The van der Waals surface area contributed by atoms with Gasteiger partial charge in [0.15, 0.2) is 11.5 Å². The van der Waals surface area contributed by atoms with E-state index in [0.717, 1.165) is 10.5 Å². The number of methoxy groups -OCH3 is 1. The Labute approximate surface area is 189 Å². The minimum atomic E-state index is -0.866. The molecule has 0 unspecified atom stereocenters. The van der Waals surface area contributed by atoms with Gasteiger partial charge in [0.2, 0.25) is 0 Å². The molecule has 3 aromatic carbocycles. The Bertz CT molecular complexity index is 1240. The molecule has 1 heterocycles. The minimum absolute atomic E-state index is 0.0165. The smallest absolute Gasteiger partial charge is 0.335 e. The molecule has 1 aliphatic heterocycles. The Morgan fingerprint density at radius 2 is 1.67 bits per heavy atom. The van der Waals surface area contributed by atoms with Crippen LogP contribution in [-0.4, -0.2) is 30.1 Å². The zero-order valence-corrected chi connectivity index (χ0v) is 17.6. The maximum atomic E-state index is 13.0. The molecule has 4 rings (SSSR count). The van der Waals surface area contributed by atoms with Crippen molar-refractivity contribution in [2.24, 2.45) is 0 Å². The van der Waals surface area contributed by atoms with Crippen molar-refractivity contribution in [3.8, 4) is 17.2 Å². The maximum absolute atomic E-state index is 13.0. The van der Waals surface area contributed by atoms with Gasteiger partial charge in [-0.1, -0.05) is 36.4 Å². The van der Waals surface area contributed by atoms with Gasteiger partial charge in [-0.2, -0.15) is 0 Å². The minimum Gasteiger partial charge on any atom is -0.508 e. The molecule has 8 nitrogen and oxygen atoms in total. The number of hydrogen-bond donors (Lipinski definition) is 2. The highest BCUT2D eigenvalue weighted by atomic mass is 16.5. The van der Waals surface area contributed by atoms with Crippen molar-refractivity contribution in [1.82, 2.24) is 5.32 Å². The van der Waals surface area contributed by atoms with Gasteiger partial charge in [-0.15, -0.1) is 0 Å². The summed E-state index contributed by atoms with van der Waals surface area (Å²) in [6.45, 7) is 0.349. The molecule has 0 spiro atoms. The highest BCUT2D eigenvalue weighted by molar-refractivity contribution is 6.39. The number of phenolic OH excluding ortho intramolecular Hbond substituents is 1. The lowest BCUT2D eigenvalue weighted by molar-refractivity contribution is -0.122. The average molecular weight is 444 g/mol. The Morgan fingerprint density at radius 3 is 2.36 bits per heavy atom. The van der Waals surface area contributed by atoms with Crippen molar-refractivity contribution < 1.29 is 29.0 Å². The molecule has 0 aromatic heterocycles. The number of benzene rings is 3. The summed E-state index contributed by atoms with van der Waals surface area (Å²) in [5.74, 6) is -0.669. The first kappa shape index (κ1) is 21.6. The van der Waals surface area contributed by atoms with Crippen LogP contribution < -0.4 is 19.7 Å². The Hall–Kier alpha value is -4.59. The topological polar surface area (TPSA) is 105 Å². The van der Waals surface area contributed by atoms with E-state index in [1.54, 1.807) is 18.2 Å². The zero-order chi connectivity index (χ0) is 23.4. The molecule has 0 atom stereocenters. The fourth-order valence-corrected chi connectivity index (χ4v) is 3.29. The van der Waals surface area contributed by atoms with Crippen molar-refractivity contribution in [2.45, 2.75) is 6.61 Å². The van der Waals surface area contributed by atoms with Gasteiger partial charge in [-0.3, -0.25) is 14.9 Å². The predicted octanol–water partition coefficient (Wildman–Crippen LogP) is 3.65. The van der Waals surface area contributed by atoms with Crippen LogP contribution in [0.15, 0.2) is 78.4 Å². The number of phenols is 1. The number of barbiturate groups is 1. The van der Waals surface area contributed by atoms with E-state index in [-0.39, 0.29) is 17.0 Å². The van der Waals surface area contributed by atoms with Crippen LogP contribution in [0.2, 0.25) is 0 Å². The number of nitrogens with one attached hydrogen (secondary N) is 1. The van der Waals surface area contributed by atoms with Crippen LogP contribution in [0.1, 0.15) is 11.1 Å². The molecule has 1 fully saturated rings. The van der Waals surface area contributed by atoms with E-state index in [9.17, 15) is 19.5 Å². The summed E-state index contributed by atoms with van der Waals surface area (Å²) in [4.78, 5) is 38.5. The molecule has 3 aromatic rings. The van der Waals surface area contributed by atoms with Crippen molar-refractivity contribution in [3.05, 3.63) is 89.5 Å². The van der Waals surface area contributed by atoms with Crippen molar-refractivity contribution in [2.75, 3.05) is 12.0 Å². The third-order valence-corrected chi connectivity index (χ3v) is 4.95. The van der Waals surface area contributed by atoms with Crippen LogP contribution >= 0.6 is 0 Å². The van der Waals surface area contributed by atoms with Gasteiger partial charge in [0.1, 0.15) is 17.9 Å². The molecule has 8 heteroatoms. The van der Waals surface area contributed by atoms with Crippen LogP contribution in [0, 0.1) is 0 Å². The predicted molar refractivity (Wildman–Crippen MR) is 121 cm³/mol. The number of aromatic hydroxyl groups is 1. The largest absolute Gasteiger partial charge is 0.508 e. The third kappa shape index (κ3) is 4.69. The second-order valence-electron chi connectivity index (χ2n) is 7.16. The molecule has 2 N–H and O–H groups in total. The number of rotatable bonds is 6. The highest BCUT2D eigenvalue weighted by Gasteiger charge is 2.36. The van der Waals surface area contributed by atoms with E-state index in [4.69, 9.17) is 9.47 Å². The summed E-state index contributed by atoms with van der Waals surface area (Å²) in [5.41, 5.74) is 1.50. The van der Waals surface area contributed by atoms with Crippen LogP contribution in [-0.2, 0) is 16.2 Å². The molecule has 4 amide bonds. The molecule has 166 valence electrons. The summed E-state index contributed by atoms with van der Waals surface area (Å²) >= 11 is 0. The van der Waals surface area contributed by atoms with Crippen LogP contribution in [0.25, 0.3) is 6.08 Å². The van der Waals surface area contributed by atoms with E-state index in [0.29, 0.717) is 23.7 Å². The first-order valence-electron chi connectivity index (χ1n) is 10.0. The van der Waals surface area contributed by atoms with Gasteiger partial charge in [0.05, 0.1) is 12.8 Å². The van der Waals surface area contributed by atoms with E-state index in [1.807, 2.05) is 30.3 Å². The SMILES string of the molecule is COc1cc(/C=C2\C(=O)NC(=O)N(c3ccc(O)cc3)C2=O)ccc1OCc1ccccc1. The lowest BCUT2D eigenvalue weighted by Gasteiger charge is -2.26. The lowest BCUT2D eigenvalue weighted by Crippen LogP contribution is -2.54. The Balaban J connectivity index is 1.60. The van der Waals surface area contributed by atoms with Crippen molar-refractivity contribution in [1.29, 1.82) is 0 Å². The second-order valence-corrected chi connectivity index (χ2v) is 7.16. The van der Waals surface area contributed by atoms with Gasteiger partial charge < -0.3 is 14.6 Å². The van der Waals surface area contributed by atoms with Gasteiger partial charge in [-0.05, 0) is 53.6 Å². The molecule has 0 saturated carbocycles. The summed E-state index contributed by atoms with van der Waals surface area (Å²) in [7, 11) is 1.49. The molecule has 0 bridgehead atoms. The van der Waals surface area contributed by atoms with Gasteiger partial charge in [0, 0.05) is 0 Å². The van der Waals surface area contributed by atoms with Gasteiger partial charge in [-0.25, -0.2) is 9.69 Å². The monoisotopic (exact) mass is 444 g/mol. The summed E-state index contributed by atoms with van der Waals surface area (Å²) < 4.78 is 11.2. The molecule has 33 heavy (non-hydrogen) atoms. The summed E-state index contributed by atoms with van der Waals surface area (Å²) in [6.07, 6.45) is 1.38. The number of ether oxygens (including phenoxy) is 2. The van der Waals surface area contributed by atoms with E-state index < -0.39 is 17.8 Å². The second kappa shape index (κ2) is 9.27. The number of carbonyl (C=O) groups excluding carboxylic acids is 3. The summed E-state index contributed by atoms with van der Waals surface area (Å²) in [5, 5.41) is 11.6. The van der Waals surface area contributed by atoms with Crippen molar-refractivity contribution in [3.63, 3.8) is 0 Å². The number of carbonyl (C=O) groups is 3. The normalized spacial score (nSPS) is 14.9. The van der Waals surface area contributed by atoms with E-state index in [1.165, 1.54) is 37.5 Å². The molecular weight excluding hydrogens is 424 g/mol. The first-order chi connectivity index (χ1) is 16.0. The third-order valence-electron chi connectivity index (χ3n) is 4.95. The first-order valence-corrected chi connectivity index (χ1v) is 10.0. The van der Waals surface area contributed by atoms with E-state index >= 15 is 0 Å². The molecule has 0 radical (unpaired) electrons. The molecule has 1 aliphatic rings. The van der Waals surface area contributed by atoms with Crippen molar-refractivity contribution >= 4 is 29.6 Å². The number of nitrogens with zero attached hydrogens (tertiary/aromatic N) is 1. The number of imide groups is 2. The molecular formula is C25H20N2O6. The number of anilines is 1. The summed E-state index contributed by atoms with van der Waals surface area (Å²) in [6, 6.07) is 19.3. The number of urea groups is 1. The number of hydrogen-bond acceptors (Lipinski definition) is 6. The van der Waals surface area contributed by atoms with Crippen LogP contribution in [0.3, 0.4) is 0 Å². The van der Waals surface area contributed by atoms with E-state index in [2.05, 4.69) is 5.32 Å². The number of amides is 4. The van der Waals surface area contributed by atoms with Crippen LogP contribution in [0.4, 0.5) is 10.5 Å².